The number of hydrogen-bond donors (Lipinski definition) is 1. The minimum absolute atomic E-state index is 0.0462. The van der Waals surface area contributed by atoms with Gasteiger partial charge < -0.3 is 10.2 Å². The Kier molecular flexibility index (Phi) is 7.00. The van der Waals surface area contributed by atoms with Crippen molar-refractivity contribution in [2.45, 2.75) is 29.6 Å². The number of amides is 1. The van der Waals surface area contributed by atoms with Crippen molar-refractivity contribution >= 4 is 34.1 Å². The van der Waals surface area contributed by atoms with Crippen molar-refractivity contribution in [2.75, 3.05) is 12.4 Å². The van der Waals surface area contributed by atoms with E-state index < -0.39 is 0 Å². The summed E-state index contributed by atoms with van der Waals surface area (Å²) >= 11 is 2.80. The molecule has 8 heteroatoms. The molecule has 0 aliphatic heterocycles. The topological polar surface area (TPSA) is 58.1 Å². The molecule has 28 heavy (non-hydrogen) atoms. The van der Waals surface area contributed by atoms with Crippen LogP contribution in [0.1, 0.15) is 18.1 Å². The monoisotopic (exact) mass is 416 g/mol. The summed E-state index contributed by atoms with van der Waals surface area (Å²) in [7, 11) is 1.81. The summed E-state index contributed by atoms with van der Waals surface area (Å²) < 4.78 is 13.7. The van der Waals surface area contributed by atoms with Crippen LogP contribution in [0.4, 0.5) is 9.52 Å². The SMILES string of the molecule is CC(Sc1nnc(NCc2ccc(F)cc2)s1)C(=O)N(C)Cc1ccccc1. The summed E-state index contributed by atoms with van der Waals surface area (Å²) in [4.78, 5) is 14.3. The predicted molar refractivity (Wildman–Crippen MR) is 112 cm³/mol. The van der Waals surface area contributed by atoms with Crippen molar-refractivity contribution in [2.24, 2.45) is 0 Å². The molecule has 3 rings (SSSR count). The Morgan fingerprint density at radius 1 is 1.14 bits per heavy atom. The molecule has 0 saturated carbocycles. The number of anilines is 1. The van der Waals surface area contributed by atoms with E-state index in [0.717, 1.165) is 15.5 Å². The standard InChI is InChI=1S/C20H21FN4OS2/c1-14(18(26)25(2)13-16-6-4-3-5-7-16)27-20-24-23-19(28-20)22-12-15-8-10-17(21)11-9-15/h3-11,14H,12-13H2,1-2H3,(H,22,23). The Morgan fingerprint density at radius 3 is 2.57 bits per heavy atom. The van der Waals surface area contributed by atoms with E-state index in [9.17, 15) is 9.18 Å². The van der Waals surface area contributed by atoms with Crippen LogP contribution in [-0.2, 0) is 17.9 Å². The van der Waals surface area contributed by atoms with E-state index >= 15 is 0 Å². The molecule has 0 spiro atoms. The van der Waals surface area contributed by atoms with Gasteiger partial charge in [0.2, 0.25) is 11.0 Å². The highest BCUT2D eigenvalue weighted by molar-refractivity contribution is 8.02. The normalized spacial score (nSPS) is 11.8. The van der Waals surface area contributed by atoms with Crippen LogP contribution in [0.5, 0.6) is 0 Å². The van der Waals surface area contributed by atoms with Gasteiger partial charge in [0.15, 0.2) is 4.34 Å². The third-order valence-corrected chi connectivity index (χ3v) is 6.08. The summed E-state index contributed by atoms with van der Waals surface area (Å²) in [6.07, 6.45) is 0. The molecule has 0 radical (unpaired) electrons. The minimum Gasteiger partial charge on any atom is -0.356 e. The maximum Gasteiger partial charge on any atom is 0.235 e. The molecule has 146 valence electrons. The summed E-state index contributed by atoms with van der Waals surface area (Å²) in [5, 5.41) is 11.8. The van der Waals surface area contributed by atoms with Gasteiger partial charge in [-0.05, 0) is 30.2 Å². The van der Waals surface area contributed by atoms with E-state index in [4.69, 9.17) is 0 Å². The third-order valence-electron chi connectivity index (χ3n) is 4.03. The van der Waals surface area contributed by atoms with E-state index in [-0.39, 0.29) is 17.0 Å². The number of benzene rings is 2. The summed E-state index contributed by atoms with van der Waals surface area (Å²) in [5.41, 5.74) is 2.05. The largest absolute Gasteiger partial charge is 0.356 e. The van der Waals surface area contributed by atoms with E-state index in [2.05, 4.69) is 15.5 Å². The zero-order valence-electron chi connectivity index (χ0n) is 15.6. The van der Waals surface area contributed by atoms with Gasteiger partial charge in [0.25, 0.3) is 0 Å². The Hall–Kier alpha value is -2.45. The lowest BCUT2D eigenvalue weighted by atomic mass is 10.2. The third kappa shape index (κ3) is 5.77. The molecule has 0 aliphatic rings. The molecular weight excluding hydrogens is 395 g/mol. The number of carbonyl (C=O) groups excluding carboxylic acids is 1. The van der Waals surface area contributed by atoms with E-state index in [0.29, 0.717) is 18.2 Å². The second kappa shape index (κ2) is 9.66. The average molecular weight is 417 g/mol. The molecule has 0 fully saturated rings. The molecule has 0 aliphatic carbocycles. The smallest absolute Gasteiger partial charge is 0.235 e. The maximum absolute atomic E-state index is 12.9. The highest BCUT2D eigenvalue weighted by Gasteiger charge is 2.20. The van der Waals surface area contributed by atoms with Gasteiger partial charge in [0.1, 0.15) is 5.82 Å². The molecule has 0 saturated heterocycles. The predicted octanol–water partition coefficient (Wildman–Crippen LogP) is 4.43. The number of nitrogens with one attached hydrogen (secondary N) is 1. The maximum atomic E-state index is 12.9. The van der Waals surface area contributed by atoms with Crippen LogP contribution in [0.15, 0.2) is 58.9 Å². The van der Waals surface area contributed by atoms with Crippen LogP contribution in [-0.4, -0.2) is 33.3 Å². The van der Waals surface area contributed by atoms with Crippen LogP contribution < -0.4 is 5.32 Å². The van der Waals surface area contributed by atoms with Crippen LogP contribution >= 0.6 is 23.1 Å². The number of thioether (sulfide) groups is 1. The number of halogens is 1. The van der Waals surface area contributed by atoms with Gasteiger partial charge in [-0.3, -0.25) is 4.79 Å². The molecule has 0 bridgehead atoms. The zero-order chi connectivity index (χ0) is 19.9. The summed E-state index contributed by atoms with van der Waals surface area (Å²) in [6, 6.07) is 16.2. The molecule has 2 aromatic carbocycles. The molecule has 1 atom stereocenters. The van der Waals surface area contributed by atoms with Crippen LogP contribution in [0.3, 0.4) is 0 Å². The first kappa shape index (κ1) is 20.3. The highest BCUT2D eigenvalue weighted by Crippen LogP contribution is 2.30. The van der Waals surface area contributed by atoms with Crippen molar-refractivity contribution in [3.63, 3.8) is 0 Å². The molecule has 5 nitrogen and oxygen atoms in total. The number of hydrogen-bond acceptors (Lipinski definition) is 6. The molecule has 1 unspecified atom stereocenters. The van der Waals surface area contributed by atoms with Gasteiger partial charge >= 0.3 is 0 Å². The van der Waals surface area contributed by atoms with Gasteiger partial charge in [-0.1, -0.05) is 65.6 Å². The fraction of sp³-hybridized carbons (Fsp3) is 0.250. The number of rotatable bonds is 8. The zero-order valence-corrected chi connectivity index (χ0v) is 17.3. The quantitative estimate of drug-likeness (QED) is 0.551. The first-order valence-electron chi connectivity index (χ1n) is 8.78. The van der Waals surface area contributed by atoms with Crippen LogP contribution in [0, 0.1) is 5.82 Å². The van der Waals surface area contributed by atoms with Crippen LogP contribution in [0.2, 0.25) is 0 Å². The number of nitrogens with zero attached hydrogens (tertiary/aromatic N) is 3. The Morgan fingerprint density at radius 2 is 1.86 bits per heavy atom. The number of aromatic nitrogens is 2. The highest BCUT2D eigenvalue weighted by atomic mass is 32.2. The lowest BCUT2D eigenvalue weighted by Crippen LogP contribution is -2.32. The fourth-order valence-corrected chi connectivity index (χ4v) is 4.56. The van der Waals surface area contributed by atoms with Crippen molar-refractivity contribution in [3.8, 4) is 0 Å². The van der Waals surface area contributed by atoms with Gasteiger partial charge in [-0.15, -0.1) is 10.2 Å². The molecular formula is C20H21FN4OS2. The molecule has 1 N–H and O–H groups in total. The van der Waals surface area contributed by atoms with Crippen molar-refractivity contribution < 1.29 is 9.18 Å². The second-order valence-corrected chi connectivity index (χ2v) is 8.86. The van der Waals surface area contributed by atoms with E-state index in [1.54, 1.807) is 17.0 Å². The van der Waals surface area contributed by atoms with Crippen molar-refractivity contribution in [1.82, 2.24) is 15.1 Å². The van der Waals surface area contributed by atoms with Gasteiger partial charge in [0.05, 0.1) is 5.25 Å². The molecule has 1 amide bonds. The van der Waals surface area contributed by atoms with Crippen LogP contribution in [0.25, 0.3) is 0 Å². The van der Waals surface area contributed by atoms with Crippen molar-refractivity contribution in [1.29, 1.82) is 0 Å². The molecule has 1 aromatic heterocycles. The van der Waals surface area contributed by atoms with E-state index in [1.807, 2.05) is 44.3 Å². The van der Waals surface area contributed by atoms with Gasteiger partial charge in [-0.2, -0.15) is 0 Å². The minimum atomic E-state index is -0.258. The average Bonchev–Trinajstić information content (AvgIpc) is 3.15. The Bertz CT molecular complexity index is 902. The van der Waals surface area contributed by atoms with Gasteiger partial charge in [0, 0.05) is 20.1 Å². The molecule has 3 aromatic rings. The fourth-order valence-electron chi connectivity index (χ4n) is 2.56. The van der Waals surface area contributed by atoms with Gasteiger partial charge in [-0.25, -0.2) is 4.39 Å². The van der Waals surface area contributed by atoms with Crippen molar-refractivity contribution in [3.05, 3.63) is 71.5 Å². The second-order valence-electron chi connectivity index (χ2n) is 6.29. The lowest BCUT2D eigenvalue weighted by molar-refractivity contribution is -0.129. The Balaban J connectivity index is 1.50. The summed E-state index contributed by atoms with van der Waals surface area (Å²) in [5.74, 6) is -0.209. The first-order valence-corrected chi connectivity index (χ1v) is 10.5. The lowest BCUT2D eigenvalue weighted by Gasteiger charge is -2.20. The number of carbonyl (C=O) groups is 1. The molecule has 1 heterocycles. The first-order chi connectivity index (χ1) is 13.5. The summed E-state index contributed by atoms with van der Waals surface area (Å²) in [6.45, 7) is 2.99. The Labute approximate surface area is 172 Å². The van der Waals surface area contributed by atoms with E-state index in [1.165, 1.54) is 35.2 Å².